The van der Waals surface area contributed by atoms with Gasteiger partial charge in [0.2, 0.25) is 0 Å². The van der Waals surface area contributed by atoms with E-state index < -0.39 is 5.82 Å². The van der Waals surface area contributed by atoms with Crippen LogP contribution in [0.4, 0.5) is 4.39 Å². The Bertz CT molecular complexity index is 522. The number of hydrogen-bond donors (Lipinski definition) is 0. The van der Waals surface area contributed by atoms with Crippen molar-refractivity contribution >= 4 is 17.4 Å². The number of carbonyl (C=O) groups is 1. The largest absolute Gasteiger partial charge is 0.294 e. The standard InChI is InChI=1S/C13H9ClFNO/c14-11-4-1-5-12(15)10(11)7-13(17)9-3-2-6-16-8-9/h1-6,8H,7H2. The average Bonchev–Trinajstić information content (AvgIpc) is 2.35. The molecule has 17 heavy (non-hydrogen) atoms. The van der Waals surface area contributed by atoms with Gasteiger partial charge in [0.05, 0.1) is 0 Å². The van der Waals surface area contributed by atoms with Crippen LogP contribution in [-0.4, -0.2) is 10.8 Å². The Morgan fingerprint density at radius 2 is 2.12 bits per heavy atom. The number of rotatable bonds is 3. The van der Waals surface area contributed by atoms with Gasteiger partial charge in [-0.3, -0.25) is 9.78 Å². The second-order valence-electron chi connectivity index (χ2n) is 3.54. The molecule has 1 aromatic carbocycles. The molecule has 0 N–H and O–H groups in total. The van der Waals surface area contributed by atoms with Crippen molar-refractivity contribution in [3.8, 4) is 0 Å². The molecule has 0 atom stereocenters. The summed E-state index contributed by atoms with van der Waals surface area (Å²) in [6.07, 6.45) is 2.97. The van der Waals surface area contributed by atoms with Crippen LogP contribution in [0.5, 0.6) is 0 Å². The molecule has 86 valence electrons. The number of Topliss-reactive ketones (excluding diaryl/α,β-unsaturated/α-hetero) is 1. The molecule has 0 aliphatic carbocycles. The molecule has 1 aromatic heterocycles. The molecule has 0 unspecified atom stereocenters. The fourth-order valence-corrected chi connectivity index (χ4v) is 1.72. The summed E-state index contributed by atoms with van der Waals surface area (Å²) in [6.45, 7) is 0. The maximum absolute atomic E-state index is 13.5. The first-order valence-corrected chi connectivity index (χ1v) is 5.42. The molecule has 0 aliphatic heterocycles. The van der Waals surface area contributed by atoms with E-state index in [1.54, 1.807) is 24.4 Å². The quantitative estimate of drug-likeness (QED) is 0.782. The van der Waals surface area contributed by atoms with Crippen LogP contribution >= 0.6 is 11.6 Å². The second-order valence-corrected chi connectivity index (χ2v) is 3.95. The van der Waals surface area contributed by atoms with Gasteiger partial charge in [-0.2, -0.15) is 0 Å². The summed E-state index contributed by atoms with van der Waals surface area (Å²) in [5.41, 5.74) is 0.676. The predicted octanol–water partition coefficient (Wildman–Crippen LogP) is 3.30. The van der Waals surface area contributed by atoms with E-state index in [0.717, 1.165) is 0 Å². The second kappa shape index (κ2) is 5.06. The summed E-state index contributed by atoms with van der Waals surface area (Å²) in [5.74, 6) is -0.667. The molecule has 2 aromatic rings. The van der Waals surface area contributed by atoms with Gasteiger partial charge in [0, 0.05) is 35.0 Å². The highest BCUT2D eigenvalue weighted by Crippen LogP contribution is 2.20. The number of halogens is 2. The summed E-state index contributed by atoms with van der Waals surface area (Å²) in [7, 11) is 0. The van der Waals surface area contributed by atoms with Gasteiger partial charge >= 0.3 is 0 Å². The van der Waals surface area contributed by atoms with E-state index in [1.807, 2.05) is 0 Å². The molecule has 0 bridgehead atoms. The average molecular weight is 250 g/mol. The third-order valence-electron chi connectivity index (χ3n) is 2.38. The highest BCUT2D eigenvalue weighted by atomic mass is 35.5. The lowest BCUT2D eigenvalue weighted by atomic mass is 10.0. The number of pyridine rings is 1. The number of aromatic nitrogens is 1. The van der Waals surface area contributed by atoms with Gasteiger partial charge in [-0.1, -0.05) is 17.7 Å². The van der Waals surface area contributed by atoms with Gasteiger partial charge in [0.25, 0.3) is 0 Å². The number of carbonyl (C=O) groups excluding carboxylic acids is 1. The molecular weight excluding hydrogens is 241 g/mol. The number of ketones is 1. The first-order chi connectivity index (χ1) is 8.18. The van der Waals surface area contributed by atoms with E-state index in [1.165, 1.54) is 18.3 Å². The molecular formula is C13H9ClFNO. The van der Waals surface area contributed by atoms with E-state index >= 15 is 0 Å². The zero-order chi connectivity index (χ0) is 12.3. The fourth-order valence-electron chi connectivity index (χ4n) is 1.49. The lowest BCUT2D eigenvalue weighted by Gasteiger charge is -2.04. The Hall–Kier alpha value is -1.74. The summed E-state index contributed by atoms with van der Waals surface area (Å²) in [6, 6.07) is 7.67. The lowest BCUT2D eigenvalue weighted by Crippen LogP contribution is -2.06. The zero-order valence-electron chi connectivity index (χ0n) is 8.86. The molecule has 0 aliphatic rings. The third kappa shape index (κ3) is 2.68. The Labute approximate surface area is 103 Å². The minimum Gasteiger partial charge on any atom is -0.294 e. The Kier molecular flexibility index (Phi) is 3.49. The Morgan fingerprint density at radius 1 is 1.29 bits per heavy atom. The summed E-state index contributed by atoms with van der Waals surface area (Å²) >= 11 is 5.85. The fraction of sp³-hybridized carbons (Fsp3) is 0.0769. The molecule has 2 rings (SSSR count). The zero-order valence-corrected chi connectivity index (χ0v) is 9.62. The molecule has 4 heteroatoms. The molecule has 0 radical (unpaired) electrons. The van der Waals surface area contributed by atoms with E-state index in [4.69, 9.17) is 11.6 Å². The summed E-state index contributed by atoms with van der Waals surface area (Å²) in [4.78, 5) is 15.7. The summed E-state index contributed by atoms with van der Waals surface area (Å²) in [5, 5.41) is 0.266. The monoisotopic (exact) mass is 249 g/mol. The number of benzene rings is 1. The maximum Gasteiger partial charge on any atom is 0.168 e. The van der Waals surface area contributed by atoms with Gasteiger partial charge in [0.1, 0.15) is 5.82 Å². The molecule has 0 saturated carbocycles. The van der Waals surface area contributed by atoms with E-state index in [2.05, 4.69) is 4.98 Å². The van der Waals surface area contributed by atoms with Gasteiger partial charge in [-0.15, -0.1) is 0 Å². The van der Waals surface area contributed by atoms with Crippen LogP contribution in [-0.2, 0) is 6.42 Å². The van der Waals surface area contributed by atoms with Crippen LogP contribution < -0.4 is 0 Å². The van der Waals surface area contributed by atoms with Crippen molar-refractivity contribution in [1.82, 2.24) is 4.98 Å². The van der Waals surface area contributed by atoms with E-state index in [9.17, 15) is 9.18 Å². The van der Waals surface area contributed by atoms with Crippen LogP contribution in [0.15, 0.2) is 42.7 Å². The molecule has 0 amide bonds. The molecule has 0 spiro atoms. The van der Waals surface area contributed by atoms with Crippen molar-refractivity contribution in [3.63, 3.8) is 0 Å². The Morgan fingerprint density at radius 3 is 2.76 bits per heavy atom. The van der Waals surface area contributed by atoms with Crippen LogP contribution in [0, 0.1) is 5.82 Å². The van der Waals surface area contributed by atoms with Crippen LogP contribution in [0.3, 0.4) is 0 Å². The van der Waals surface area contributed by atoms with Crippen LogP contribution in [0.25, 0.3) is 0 Å². The van der Waals surface area contributed by atoms with Crippen molar-refractivity contribution in [3.05, 3.63) is 64.7 Å². The molecule has 1 heterocycles. The predicted molar refractivity (Wildman–Crippen MR) is 63.7 cm³/mol. The first kappa shape index (κ1) is 11.7. The highest BCUT2D eigenvalue weighted by Gasteiger charge is 2.13. The molecule has 0 fully saturated rings. The number of hydrogen-bond acceptors (Lipinski definition) is 2. The van der Waals surface area contributed by atoms with Crippen molar-refractivity contribution in [2.75, 3.05) is 0 Å². The maximum atomic E-state index is 13.5. The van der Waals surface area contributed by atoms with Gasteiger partial charge in [-0.25, -0.2) is 4.39 Å². The van der Waals surface area contributed by atoms with E-state index in [-0.39, 0.29) is 22.8 Å². The van der Waals surface area contributed by atoms with Gasteiger partial charge < -0.3 is 0 Å². The van der Waals surface area contributed by atoms with Crippen LogP contribution in [0.2, 0.25) is 5.02 Å². The number of nitrogens with zero attached hydrogens (tertiary/aromatic N) is 1. The molecule has 0 saturated heterocycles. The van der Waals surface area contributed by atoms with Crippen molar-refractivity contribution in [1.29, 1.82) is 0 Å². The SMILES string of the molecule is O=C(Cc1c(F)cccc1Cl)c1cccnc1. The highest BCUT2D eigenvalue weighted by molar-refractivity contribution is 6.31. The normalized spacial score (nSPS) is 10.2. The minimum absolute atomic E-state index is 0.0583. The van der Waals surface area contributed by atoms with Crippen molar-refractivity contribution in [2.24, 2.45) is 0 Å². The van der Waals surface area contributed by atoms with Crippen molar-refractivity contribution < 1.29 is 9.18 Å². The minimum atomic E-state index is -0.463. The van der Waals surface area contributed by atoms with Gasteiger partial charge in [-0.05, 0) is 24.3 Å². The Balaban J connectivity index is 2.25. The van der Waals surface area contributed by atoms with Crippen LogP contribution in [0.1, 0.15) is 15.9 Å². The smallest absolute Gasteiger partial charge is 0.168 e. The van der Waals surface area contributed by atoms with Gasteiger partial charge in [0.15, 0.2) is 5.78 Å². The van der Waals surface area contributed by atoms with E-state index in [0.29, 0.717) is 5.56 Å². The lowest BCUT2D eigenvalue weighted by molar-refractivity contribution is 0.0991. The molecule has 2 nitrogen and oxygen atoms in total. The topological polar surface area (TPSA) is 30.0 Å². The van der Waals surface area contributed by atoms with Crippen molar-refractivity contribution in [2.45, 2.75) is 6.42 Å². The third-order valence-corrected chi connectivity index (χ3v) is 2.74. The summed E-state index contributed by atoms with van der Waals surface area (Å²) < 4.78 is 13.5. The first-order valence-electron chi connectivity index (χ1n) is 5.04.